The van der Waals surface area contributed by atoms with Crippen molar-refractivity contribution in [1.29, 1.82) is 0 Å². The monoisotopic (exact) mass is 427 g/mol. The standard InChI is InChI=1S/C23H25N3O3.ClH/c1-15-22(16(2)29-26-15)14-28-21-7-4-17(5-8-21)10-23(27)25-11-18-3-6-19-12-24-13-20(19)9-18;/h3-9,24H,10-14H2,1-2H3,(H,25,27);1H. The molecule has 3 aromatic rings. The highest BCUT2D eigenvalue weighted by molar-refractivity contribution is 5.85. The van der Waals surface area contributed by atoms with E-state index in [-0.39, 0.29) is 18.3 Å². The van der Waals surface area contributed by atoms with E-state index in [2.05, 4.69) is 34.0 Å². The summed E-state index contributed by atoms with van der Waals surface area (Å²) in [5.41, 5.74) is 6.56. The number of amides is 1. The van der Waals surface area contributed by atoms with E-state index < -0.39 is 0 Å². The highest BCUT2D eigenvalue weighted by atomic mass is 35.5. The van der Waals surface area contributed by atoms with Gasteiger partial charge in [0, 0.05) is 19.6 Å². The molecule has 158 valence electrons. The van der Waals surface area contributed by atoms with E-state index in [0.29, 0.717) is 19.6 Å². The molecule has 7 heteroatoms. The molecular formula is C23H26ClN3O3. The number of aromatic nitrogens is 1. The Morgan fingerprint density at radius 2 is 1.83 bits per heavy atom. The first-order chi connectivity index (χ1) is 14.1. The second-order valence-corrected chi connectivity index (χ2v) is 7.40. The first-order valence-corrected chi connectivity index (χ1v) is 9.80. The van der Waals surface area contributed by atoms with Crippen LogP contribution in [-0.4, -0.2) is 11.1 Å². The lowest BCUT2D eigenvalue weighted by Crippen LogP contribution is -2.24. The third-order valence-corrected chi connectivity index (χ3v) is 5.24. The molecule has 1 aliphatic rings. The molecule has 6 nitrogen and oxygen atoms in total. The zero-order chi connectivity index (χ0) is 20.2. The lowest BCUT2D eigenvalue weighted by molar-refractivity contribution is -0.120. The molecule has 0 saturated carbocycles. The zero-order valence-corrected chi connectivity index (χ0v) is 18.0. The maximum absolute atomic E-state index is 12.3. The number of carbonyl (C=O) groups is 1. The normalized spacial score (nSPS) is 12.2. The molecule has 0 aliphatic carbocycles. The minimum Gasteiger partial charge on any atom is -0.489 e. The fraction of sp³-hybridized carbons (Fsp3) is 0.304. The minimum absolute atomic E-state index is 0. The van der Waals surface area contributed by atoms with Crippen LogP contribution in [0.1, 0.15) is 39.3 Å². The Hall–Kier alpha value is -2.83. The van der Waals surface area contributed by atoms with Gasteiger partial charge in [-0.2, -0.15) is 0 Å². The fourth-order valence-corrected chi connectivity index (χ4v) is 3.47. The molecule has 30 heavy (non-hydrogen) atoms. The second-order valence-electron chi connectivity index (χ2n) is 7.40. The number of rotatable bonds is 7. The Morgan fingerprint density at radius 3 is 2.57 bits per heavy atom. The third kappa shape index (κ3) is 5.20. The third-order valence-electron chi connectivity index (χ3n) is 5.24. The minimum atomic E-state index is 0. The van der Waals surface area contributed by atoms with Gasteiger partial charge in [-0.15, -0.1) is 12.4 Å². The molecule has 1 amide bonds. The van der Waals surface area contributed by atoms with Crippen molar-refractivity contribution < 1.29 is 14.1 Å². The quantitative estimate of drug-likeness (QED) is 0.600. The molecule has 0 fully saturated rings. The first-order valence-electron chi connectivity index (χ1n) is 9.80. The molecule has 0 radical (unpaired) electrons. The Labute approximate surface area is 182 Å². The maximum Gasteiger partial charge on any atom is 0.224 e. The summed E-state index contributed by atoms with van der Waals surface area (Å²) in [5.74, 6) is 1.53. The molecule has 2 N–H and O–H groups in total. The van der Waals surface area contributed by atoms with Crippen molar-refractivity contribution in [3.05, 3.63) is 81.7 Å². The Kier molecular flexibility index (Phi) is 7.13. The van der Waals surface area contributed by atoms with E-state index in [9.17, 15) is 4.79 Å². The summed E-state index contributed by atoms with van der Waals surface area (Å²) in [6.45, 7) is 6.57. The van der Waals surface area contributed by atoms with Gasteiger partial charge in [0.1, 0.15) is 18.1 Å². The topological polar surface area (TPSA) is 76.4 Å². The summed E-state index contributed by atoms with van der Waals surface area (Å²) in [7, 11) is 0. The molecule has 0 saturated heterocycles. The average Bonchev–Trinajstić information content (AvgIpc) is 3.32. The number of hydrogen-bond acceptors (Lipinski definition) is 5. The van der Waals surface area contributed by atoms with Crippen LogP contribution in [0.2, 0.25) is 0 Å². The van der Waals surface area contributed by atoms with E-state index in [0.717, 1.165) is 47.0 Å². The van der Waals surface area contributed by atoms with Gasteiger partial charge in [-0.1, -0.05) is 35.5 Å². The highest BCUT2D eigenvalue weighted by Crippen LogP contribution is 2.19. The summed E-state index contributed by atoms with van der Waals surface area (Å²) in [6.07, 6.45) is 0.344. The van der Waals surface area contributed by atoms with E-state index in [1.54, 1.807) is 0 Å². The molecule has 1 aliphatic heterocycles. The molecule has 0 unspecified atom stereocenters. The summed E-state index contributed by atoms with van der Waals surface area (Å²) in [6, 6.07) is 14.0. The lowest BCUT2D eigenvalue weighted by Gasteiger charge is -2.09. The molecule has 2 heterocycles. The summed E-state index contributed by atoms with van der Waals surface area (Å²) in [4.78, 5) is 12.3. The van der Waals surface area contributed by atoms with Crippen LogP contribution in [0.5, 0.6) is 5.75 Å². The number of fused-ring (bicyclic) bond motifs is 1. The van der Waals surface area contributed by atoms with E-state index in [4.69, 9.17) is 9.26 Å². The molecule has 0 bridgehead atoms. The molecule has 0 spiro atoms. The van der Waals surface area contributed by atoms with Crippen LogP contribution < -0.4 is 15.4 Å². The van der Waals surface area contributed by atoms with Gasteiger partial charge in [-0.05, 0) is 48.2 Å². The van der Waals surface area contributed by atoms with Crippen molar-refractivity contribution >= 4 is 18.3 Å². The average molecular weight is 428 g/mol. The summed E-state index contributed by atoms with van der Waals surface area (Å²) < 4.78 is 11.0. The van der Waals surface area contributed by atoms with Gasteiger partial charge in [0.05, 0.1) is 17.7 Å². The van der Waals surface area contributed by atoms with Crippen LogP contribution in [0.25, 0.3) is 0 Å². The second kappa shape index (κ2) is 9.78. The van der Waals surface area contributed by atoms with Crippen molar-refractivity contribution in [2.24, 2.45) is 0 Å². The van der Waals surface area contributed by atoms with Crippen molar-refractivity contribution in [1.82, 2.24) is 15.8 Å². The number of halogens is 1. The molecule has 0 atom stereocenters. The lowest BCUT2D eigenvalue weighted by atomic mass is 10.1. The fourth-order valence-electron chi connectivity index (χ4n) is 3.47. The number of aryl methyl sites for hydroxylation is 2. The number of hydrogen-bond donors (Lipinski definition) is 2. The van der Waals surface area contributed by atoms with Crippen LogP contribution in [0.3, 0.4) is 0 Å². The Morgan fingerprint density at radius 1 is 1.10 bits per heavy atom. The van der Waals surface area contributed by atoms with Gasteiger partial charge in [-0.25, -0.2) is 0 Å². The molecular weight excluding hydrogens is 402 g/mol. The number of benzene rings is 2. The highest BCUT2D eigenvalue weighted by Gasteiger charge is 2.11. The predicted octanol–water partition coefficient (Wildman–Crippen LogP) is 3.75. The van der Waals surface area contributed by atoms with Crippen LogP contribution >= 0.6 is 12.4 Å². The van der Waals surface area contributed by atoms with Gasteiger partial charge < -0.3 is 19.9 Å². The molecule has 2 aromatic carbocycles. The predicted molar refractivity (Wildman–Crippen MR) is 117 cm³/mol. The first kappa shape index (κ1) is 21.9. The van der Waals surface area contributed by atoms with Crippen molar-refractivity contribution in [2.75, 3.05) is 0 Å². The Bertz CT molecular complexity index is 996. The van der Waals surface area contributed by atoms with Gasteiger partial charge in [0.2, 0.25) is 5.91 Å². The van der Waals surface area contributed by atoms with E-state index in [1.807, 2.05) is 38.1 Å². The largest absolute Gasteiger partial charge is 0.489 e. The van der Waals surface area contributed by atoms with E-state index >= 15 is 0 Å². The van der Waals surface area contributed by atoms with Gasteiger partial charge >= 0.3 is 0 Å². The summed E-state index contributed by atoms with van der Waals surface area (Å²) >= 11 is 0. The molecule has 1 aromatic heterocycles. The summed E-state index contributed by atoms with van der Waals surface area (Å²) in [5, 5.41) is 10.3. The number of nitrogens with zero attached hydrogens (tertiary/aromatic N) is 1. The number of nitrogens with one attached hydrogen (secondary N) is 2. The van der Waals surface area contributed by atoms with Crippen molar-refractivity contribution in [3.8, 4) is 5.75 Å². The van der Waals surface area contributed by atoms with Crippen LogP contribution in [-0.2, 0) is 37.5 Å². The van der Waals surface area contributed by atoms with Crippen LogP contribution in [0.4, 0.5) is 0 Å². The smallest absolute Gasteiger partial charge is 0.224 e. The van der Waals surface area contributed by atoms with Gasteiger partial charge in [0.25, 0.3) is 0 Å². The van der Waals surface area contributed by atoms with Crippen LogP contribution in [0, 0.1) is 13.8 Å². The Balaban J connectivity index is 0.00000256. The van der Waals surface area contributed by atoms with E-state index in [1.165, 1.54) is 11.1 Å². The SMILES string of the molecule is Cc1noc(C)c1COc1ccc(CC(=O)NCc2ccc3c(c2)CNC3)cc1.Cl. The van der Waals surface area contributed by atoms with Gasteiger partial charge in [0.15, 0.2) is 0 Å². The maximum atomic E-state index is 12.3. The molecule has 4 rings (SSSR count). The van der Waals surface area contributed by atoms with Gasteiger partial charge in [-0.3, -0.25) is 4.79 Å². The number of carbonyl (C=O) groups excluding carboxylic acids is 1. The van der Waals surface area contributed by atoms with Crippen molar-refractivity contribution in [2.45, 2.75) is 46.5 Å². The zero-order valence-electron chi connectivity index (χ0n) is 17.2. The number of ether oxygens (including phenoxy) is 1. The van der Waals surface area contributed by atoms with Crippen molar-refractivity contribution in [3.63, 3.8) is 0 Å². The van der Waals surface area contributed by atoms with Crippen LogP contribution in [0.15, 0.2) is 47.0 Å².